The van der Waals surface area contributed by atoms with Crippen LogP contribution >= 0.6 is 0 Å². The molecule has 0 radical (unpaired) electrons. The van der Waals surface area contributed by atoms with Gasteiger partial charge in [-0.25, -0.2) is 9.78 Å². The van der Waals surface area contributed by atoms with E-state index < -0.39 is 24.9 Å². The average molecular weight is 362 g/mol. The van der Waals surface area contributed by atoms with Gasteiger partial charge in [-0.1, -0.05) is 12.1 Å². The number of hydrogen-bond acceptors (Lipinski definition) is 5. The van der Waals surface area contributed by atoms with Gasteiger partial charge in [0.25, 0.3) is 5.78 Å². The first-order chi connectivity index (χ1) is 12.3. The minimum absolute atomic E-state index is 0.137. The normalized spacial score (nSPS) is 11.3. The molecule has 0 saturated heterocycles. The van der Waals surface area contributed by atoms with Crippen LogP contribution in [0.15, 0.2) is 24.3 Å². The zero-order valence-corrected chi connectivity index (χ0v) is 14.4. The Kier molecular flexibility index (Phi) is 4.54. The molecule has 2 aromatic heterocycles. The number of para-hydroxylation sites is 2. The number of hydrogen-bond donors (Lipinski definition) is 0. The lowest BCUT2D eigenvalue weighted by molar-refractivity contribution is -0.139. The van der Waals surface area contributed by atoms with E-state index in [9.17, 15) is 18.4 Å². The summed E-state index contributed by atoms with van der Waals surface area (Å²) in [5, 5.41) is 4.07. The van der Waals surface area contributed by atoms with Crippen molar-refractivity contribution in [3.05, 3.63) is 47.0 Å². The molecule has 0 amide bonds. The lowest BCUT2D eigenvalue weighted by Gasteiger charge is -2.08. The van der Waals surface area contributed by atoms with Crippen LogP contribution in [0.4, 0.5) is 8.78 Å². The molecule has 3 aromatic rings. The molecule has 7 nitrogen and oxygen atoms in total. The summed E-state index contributed by atoms with van der Waals surface area (Å²) in [4.78, 5) is 28.5. The summed E-state index contributed by atoms with van der Waals surface area (Å²) in [5.41, 5.74) is 1.64. The van der Waals surface area contributed by atoms with Crippen molar-refractivity contribution in [1.29, 1.82) is 0 Å². The number of rotatable bonds is 5. The zero-order chi connectivity index (χ0) is 19.0. The van der Waals surface area contributed by atoms with E-state index in [4.69, 9.17) is 4.74 Å². The molecule has 0 N–H and O–H groups in total. The second-order valence-electron chi connectivity index (χ2n) is 5.74. The molecule has 0 aliphatic carbocycles. The number of Topliss-reactive ketones (excluding diaryl/α,β-unsaturated/α-hetero) is 1. The first-order valence-corrected chi connectivity index (χ1v) is 7.77. The molecule has 0 atom stereocenters. The Morgan fingerprint density at radius 1 is 1.23 bits per heavy atom. The number of nitrogens with zero attached hydrogens (tertiary/aromatic N) is 4. The second kappa shape index (κ2) is 6.66. The van der Waals surface area contributed by atoms with Crippen molar-refractivity contribution in [3.8, 4) is 0 Å². The number of aromatic nitrogens is 4. The number of ketones is 1. The van der Waals surface area contributed by atoms with Crippen LogP contribution in [-0.2, 0) is 23.2 Å². The fourth-order valence-electron chi connectivity index (χ4n) is 2.81. The highest BCUT2D eigenvalue weighted by molar-refractivity contribution is 6.41. The van der Waals surface area contributed by atoms with Crippen molar-refractivity contribution < 1.29 is 23.1 Å². The van der Waals surface area contributed by atoms with E-state index in [0.717, 1.165) is 0 Å². The molecule has 0 saturated carbocycles. The van der Waals surface area contributed by atoms with Crippen LogP contribution in [0, 0.1) is 13.8 Å². The van der Waals surface area contributed by atoms with Crippen molar-refractivity contribution >= 4 is 22.8 Å². The van der Waals surface area contributed by atoms with Gasteiger partial charge in [0.2, 0.25) is 0 Å². The van der Waals surface area contributed by atoms with E-state index >= 15 is 0 Å². The SMILES string of the molecule is Cc1nn(C)c(C)c1C(=O)C(=O)OCc1nc2ccccc2n1C(F)F. The maximum absolute atomic E-state index is 13.4. The van der Waals surface area contributed by atoms with Gasteiger partial charge in [0, 0.05) is 12.7 Å². The Morgan fingerprint density at radius 2 is 1.92 bits per heavy atom. The number of aryl methyl sites for hydroxylation is 2. The van der Waals surface area contributed by atoms with E-state index in [1.807, 2.05) is 0 Å². The maximum atomic E-state index is 13.4. The molecule has 0 spiro atoms. The second-order valence-corrected chi connectivity index (χ2v) is 5.74. The summed E-state index contributed by atoms with van der Waals surface area (Å²) in [5.74, 6) is -2.15. The Bertz CT molecular complexity index is 1010. The van der Waals surface area contributed by atoms with Crippen LogP contribution < -0.4 is 0 Å². The molecule has 0 fully saturated rings. The van der Waals surface area contributed by atoms with E-state index in [-0.39, 0.29) is 16.9 Å². The lowest BCUT2D eigenvalue weighted by Crippen LogP contribution is -2.20. The van der Waals surface area contributed by atoms with Crippen LogP contribution in [-0.4, -0.2) is 31.1 Å². The topological polar surface area (TPSA) is 79.0 Å². The van der Waals surface area contributed by atoms with Crippen LogP contribution in [0.5, 0.6) is 0 Å². The Hall–Kier alpha value is -3.10. The molecule has 2 heterocycles. The van der Waals surface area contributed by atoms with Crippen LogP contribution in [0.3, 0.4) is 0 Å². The Labute approximate surface area is 147 Å². The first-order valence-electron chi connectivity index (χ1n) is 7.77. The highest BCUT2D eigenvalue weighted by Gasteiger charge is 2.26. The number of fused-ring (bicyclic) bond motifs is 1. The van der Waals surface area contributed by atoms with Gasteiger partial charge in [-0.2, -0.15) is 13.9 Å². The maximum Gasteiger partial charge on any atom is 0.380 e. The Balaban J connectivity index is 1.83. The smallest absolute Gasteiger partial charge is 0.380 e. The molecule has 0 aliphatic heterocycles. The number of ether oxygens (including phenoxy) is 1. The van der Waals surface area contributed by atoms with Crippen molar-refractivity contribution in [2.45, 2.75) is 27.0 Å². The van der Waals surface area contributed by atoms with Gasteiger partial charge in [0.15, 0.2) is 5.82 Å². The minimum Gasteiger partial charge on any atom is -0.452 e. The van der Waals surface area contributed by atoms with Gasteiger partial charge in [-0.3, -0.25) is 14.0 Å². The standard InChI is InChI=1S/C17H16F2N4O3/c1-9-14(10(2)22(3)21-9)15(24)16(25)26-8-13-20-11-6-4-5-7-12(11)23(13)17(18)19/h4-7,17H,8H2,1-3H3. The van der Waals surface area contributed by atoms with Crippen molar-refractivity contribution in [2.75, 3.05) is 0 Å². The van der Waals surface area contributed by atoms with E-state index in [1.165, 1.54) is 10.7 Å². The molecular formula is C17H16F2N4O3. The molecule has 0 aliphatic rings. The summed E-state index contributed by atoms with van der Waals surface area (Å²) in [6.45, 7) is -0.141. The van der Waals surface area contributed by atoms with Gasteiger partial charge < -0.3 is 4.74 Å². The quantitative estimate of drug-likeness (QED) is 0.396. The number of halogens is 2. The summed E-state index contributed by atoms with van der Waals surface area (Å²) >= 11 is 0. The summed E-state index contributed by atoms with van der Waals surface area (Å²) in [7, 11) is 1.65. The van der Waals surface area contributed by atoms with E-state index in [2.05, 4.69) is 10.1 Å². The zero-order valence-electron chi connectivity index (χ0n) is 14.4. The number of benzene rings is 1. The van der Waals surface area contributed by atoms with Crippen molar-refractivity contribution in [2.24, 2.45) is 7.05 Å². The van der Waals surface area contributed by atoms with Gasteiger partial charge >= 0.3 is 12.5 Å². The number of imidazole rings is 1. The summed E-state index contributed by atoms with van der Waals surface area (Å²) in [6.07, 6.45) is 0. The molecule has 1 aromatic carbocycles. The summed E-state index contributed by atoms with van der Waals surface area (Å²) in [6, 6.07) is 6.34. The predicted octanol–water partition coefficient (Wildman–Crippen LogP) is 2.71. The average Bonchev–Trinajstić information content (AvgIpc) is 3.09. The molecule has 136 valence electrons. The number of alkyl halides is 2. The number of carbonyl (C=O) groups excluding carboxylic acids is 2. The fraction of sp³-hybridized carbons (Fsp3) is 0.294. The van der Waals surface area contributed by atoms with Crippen molar-refractivity contribution in [1.82, 2.24) is 19.3 Å². The van der Waals surface area contributed by atoms with E-state index in [0.29, 0.717) is 21.5 Å². The highest BCUT2D eigenvalue weighted by atomic mass is 19.3. The third-order valence-electron chi connectivity index (χ3n) is 4.12. The Morgan fingerprint density at radius 3 is 2.54 bits per heavy atom. The largest absolute Gasteiger partial charge is 0.452 e. The van der Waals surface area contributed by atoms with Gasteiger partial charge in [-0.05, 0) is 26.0 Å². The molecule has 26 heavy (non-hydrogen) atoms. The molecule has 0 unspecified atom stereocenters. The lowest BCUT2D eigenvalue weighted by atomic mass is 10.1. The van der Waals surface area contributed by atoms with Gasteiger partial charge in [-0.15, -0.1) is 0 Å². The molecule has 0 bridgehead atoms. The minimum atomic E-state index is -2.85. The molecule has 9 heteroatoms. The predicted molar refractivity (Wildman–Crippen MR) is 87.8 cm³/mol. The van der Waals surface area contributed by atoms with Gasteiger partial charge in [0.1, 0.15) is 6.61 Å². The monoisotopic (exact) mass is 362 g/mol. The van der Waals surface area contributed by atoms with Crippen molar-refractivity contribution in [3.63, 3.8) is 0 Å². The molecular weight excluding hydrogens is 346 g/mol. The van der Waals surface area contributed by atoms with Crippen LogP contribution in [0.25, 0.3) is 11.0 Å². The molecule has 3 rings (SSSR count). The van der Waals surface area contributed by atoms with Crippen LogP contribution in [0.2, 0.25) is 0 Å². The third kappa shape index (κ3) is 2.96. The van der Waals surface area contributed by atoms with Gasteiger partial charge in [0.05, 0.1) is 22.3 Å². The van der Waals surface area contributed by atoms with Crippen LogP contribution in [0.1, 0.15) is 34.1 Å². The first kappa shape index (κ1) is 17.7. The third-order valence-corrected chi connectivity index (χ3v) is 4.12. The number of carbonyl (C=O) groups is 2. The number of esters is 1. The van der Waals surface area contributed by atoms with E-state index in [1.54, 1.807) is 39.1 Å². The highest BCUT2D eigenvalue weighted by Crippen LogP contribution is 2.23. The summed E-state index contributed by atoms with van der Waals surface area (Å²) < 4.78 is 33.8. The fourth-order valence-corrected chi connectivity index (χ4v) is 2.81.